The van der Waals surface area contributed by atoms with Crippen LogP contribution in [-0.2, 0) is 0 Å². The number of rotatable bonds is 2. The highest BCUT2D eigenvalue weighted by Gasteiger charge is 2.32. The maximum atomic E-state index is 12.5. The lowest BCUT2D eigenvalue weighted by molar-refractivity contribution is 0.0397. The summed E-state index contributed by atoms with van der Waals surface area (Å²) in [7, 11) is 0. The predicted molar refractivity (Wildman–Crippen MR) is 88.9 cm³/mol. The lowest BCUT2D eigenvalue weighted by Gasteiger charge is -2.39. The van der Waals surface area contributed by atoms with Crippen LogP contribution in [0.15, 0.2) is 28.7 Å². The van der Waals surface area contributed by atoms with E-state index < -0.39 is 0 Å². The van der Waals surface area contributed by atoms with Crippen molar-refractivity contribution in [2.75, 3.05) is 19.6 Å². The summed E-state index contributed by atoms with van der Waals surface area (Å²) < 4.78 is 5.40. The molecule has 1 saturated heterocycles. The third-order valence-corrected chi connectivity index (χ3v) is 5.03. The fourth-order valence-electron chi connectivity index (χ4n) is 2.80. The Labute approximate surface area is 143 Å². The SMILES string of the molecule is Cc1ccc(C(=O)N2CCN(C(=O)c3ccc(C#N)s3)C[C@@H]2C)o1. The van der Waals surface area contributed by atoms with Crippen LogP contribution in [-0.4, -0.2) is 47.3 Å². The molecule has 0 unspecified atom stereocenters. The van der Waals surface area contributed by atoms with Gasteiger partial charge in [0.25, 0.3) is 11.8 Å². The lowest BCUT2D eigenvalue weighted by Crippen LogP contribution is -2.55. The Balaban J connectivity index is 1.67. The van der Waals surface area contributed by atoms with Gasteiger partial charge in [-0.25, -0.2) is 0 Å². The minimum absolute atomic E-state index is 0.0886. The van der Waals surface area contributed by atoms with E-state index in [0.717, 1.165) is 0 Å². The Morgan fingerprint density at radius 3 is 2.62 bits per heavy atom. The summed E-state index contributed by atoms with van der Waals surface area (Å²) in [4.78, 5) is 29.6. The molecule has 0 saturated carbocycles. The first-order valence-electron chi connectivity index (χ1n) is 7.66. The van der Waals surface area contributed by atoms with Gasteiger partial charge in [-0.05, 0) is 38.1 Å². The van der Waals surface area contributed by atoms with Crippen LogP contribution in [0.3, 0.4) is 0 Å². The van der Waals surface area contributed by atoms with E-state index in [1.165, 1.54) is 11.3 Å². The maximum absolute atomic E-state index is 12.5. The van der Waals surface area contributed by atoms with E-state index in [1.54, 1.807) is 41.0 Å². The molecule has 2 aromatic heterocycles. The Bertz CT molecular complexity index is 817. The van der Waals surface area contributed by atoms with Gasteiger partial charge in [-0.15, -0.1) is 11.3 Å². The van der Waals surface area contributed by atoms with E-state index in [9.17, 15) is 9.59 Å². The molecule has 0 radical (unpaired) electrons. The molecule has 0 aromatic carbocycles. The Morgan fingerprint density at radius 2 is 2.04 bits per heavy atom. The molecular formula is C17H17N3O3S. The van der Waals surface area contributed by atoms with Crippen LogP contribution in [0.2, 0.25) is 0 Å². The minimum atomic E-state index is -0.148. The summed E-state index contributed by atoms with van der Waals surface area (Å²) in [6, 6.07) is 8.72. The number of piperazine rings is 1. The Kier molecular flexibility index (Phi) is 4.40. The van der Waals surface area contributed by atoms with Gasteiger partial charge in [0, 0.05) is 25.7 Å². The molecule has 2 amide bonds. The number of thiophene rings is 1. The number of hydrogen-bond donors (Lipinski definition) is 0. The Morgan fingerprint density at radius 1 is 1.25 bits per heavy atom. The first-order valence-corrected chi connectivity index (χ1v) is 8.48. The van der Waals surface area contributed by atoms with Gasteiger partial charge >= 0.3 is 0 Å². The molecule has 1 fully saturated rings. The number of furan rings is 1. The zero-order valence-electron chi connectivity index (χ0n) is 13.5. The van der Waals surface area contributed by atoms with Crippen molar-refractivity contribution in [1.29, 1.82) is 5.26 Å². The topological polar surface area (TPSA) is 77.5 Å². The van der Waals surface area contributed by atoms with Gasteiger partial charge in [-0.1, -0.05) is 0 Å². The van der Waals surface area contributed by atoms with Gasteiger partial charge in [-0.3, -0.25) is 9.59 Å². The summed E-state index contributed by atoms with van der Waals surface area (Å²) in [5, 5.41) is 8.87. The fraction of sp³-hybridized carbons (Fsp3) is 0.353. The summed E-state index contributed by atoms with van der Waals surface area (Å²) in [6.07, 6.45) is 0. The molecule has 6 nitrogen and oxygen atoms in total. The average Bonchev–Trinajstić information content (AvgIpc) is 3.22. The number of aryl methyl sites for hydroxylation is 1. The largest absolute Gasteiger partial charge is 0.456 e. The normalized spacial score (nSPS) is 17.6. The quantitative estimate of drug-likeness (QED) is 0.839. The number of nitrogens with zero attached hydrogens (tertiary/aromatic N) is 3. The lowest BCUT2D eigenvalue weighted by atomic mass is 10.1. The van der Waals surface area contributed by atoms with Crippen molar-refractivity contribution in [1.82, 2.24) is 9.80 Å². The van der Waals surface area contributed by atoms with Crippen LogP contribution in [0.5, 0.6) is 0 Å². The van der Waals surface area contributed by atoms with E-state index in [0.29, 0.717) is 40.9 Å². The number of carbonyl (C=O) groups excluding carboxylic acids is 2. The number of nitriles is 1. The summed E-state index contributed by atoms with van der Waals surface area (Å²) >= 11 is 1.19. The average molecular weight is 343 g/mol. The highest BCUT2D eigenvalue weighted by atomic mass is 32.1. The molecule has 0 N–H and O–H groups in total. The minimum Gasteiger partial charge on any atom is -0.456 e. The van der Waals surface area contributed by atoms with E-state index in [-0.39, 0.29) is 17.9 Å². The van der Waals surface area contributed by atoms with Crippen LogP contribution in [0.4, 0.5) is 0 Å². The molecule has 24 heavy (non-hydrogen) atoms. The molecule has 7 heteroatoms. The molecular weight excluding hydrogens is 326 g/mol. The van der Waals surface area contributed by atoms with Gasteiger partial charge in [0.05, 0.1) is 4.88 Å². The van der Waals surface area contributed by atoms with Gasteiger partial charge in [0.15, 0.2) is 5.76 Å². The molecule has 0 spiro atoms. The second kappa shape index (κ2) is 6.49. The number of carbonyl (C=O) groups is 2. The second-order valence-electron chi connectivity index (χ2n) is 5.78. The molecule has 1 atom stereocenters. The standard InChI is InChI=1S/C17H17N3O3S/c1-11-10-19(17(22)15-6-4-13(9-18)24-15)7-8-20(11)16(21)14-5-3-12(2)23-14/h3-6,11H,7-8,10H2,1-2H3/t11-/m0/s1. The van der Waals surface area contributed by atoms with Crippen molar-refractivity contribution in [2.24, 2.45) is 0 Å². The van der Waals surface area contributed by atoms with Crippen LogP contribution in [0.25, 0.3) is 0 Å². The second-order valence-corrected chi connectivity index (χ2v) is 6.87. The number of amides is 2. The van der Waals surface area contributed by atoms with E-state index in [4.69, 9.17) is 9.68 Å². The van der Waals surface area contributed by atoms with Crippen LogP contribution >= 0.6 is 11.3 Å². The maximum Gasteiger partial charge on any atom is 0.289 e. The van der Waals surface area contributed by atoms with Crippen molar-refractivity contribution in [3.63, 3.8) is 0 Å². The van der Waals surface area contributed by atoms with Gasteiger partial charge < -0.3 is 14.2 Å². The fourth-order valence-corrected chi connectivity index (χ4v) is 3.57. The van der Waals surface area contributed by atoms with Crippen LogP contribution in [0.1, 0.15) is 37.8 Å². The molecule has 3 heterocycles. The van der Waals surface area contributed by atoms with Gasteiger partial charge in [0.2, 0.25) is 0 Å². The summed E-state index contributed by atoms with van der Waals surface area (Å²) in [5.41, 5.74) is 0. The van der Waals surface area contributed by atoms with Crippen molar-refractivity contribution in [3.05, 3.63) is 45.5 Å². The van der Waals surface area contributed by atoms with Crippen molar-refractivity contribution in [2.45, 2.75) is 19.9 Å². The highest BCUT2D eigenvalue weighted by Crippen LogP contribution is 2.21. The van der Waals surface area contributed by atoms with Gasteiger partial charge in [0.1, 0.15) is 16.7 Å². The van der Waals surface area contributed by atoms with Crippen LogP contribution in [0, 0.1) is 18.3 Å². The summed E-state index contributed by atoms with van der Waals surface area (Å²) in [6.45, 7) is 5.11. The smallest absolute Gasteiger partial charge is 0.289 e. The zero-order valence-corrected chi connectivity index (χ0v) is 14.3. The molecule has 0 aliphatic carbocycles. The highest BCUT2D eigenvalue weighted by molar-refractivity contribution is 7.14. The predicted octanol–water partition coefficient (Wildman–Crippen LogP) is 2.51. The van der Waals surface area contributed by atoms with Crippen molar-refractivity contribution in [3.8, 4) is 6.07 Å². The summed E-state index contributed by atoms with van der Waals surface area (Å²) in [5.74, 6) is 0.793. The van der Waals surface area contributed by atoms with E-state index in [1.807, 2.05) is 13.0 Å². The molecule has 124 valence electrons. The van der Waals surface area contributed by atoms with E-state index >= 15 is 0 Å². The molecule has 3 rings (SSSR count). The third-order valence-electron chi connectivity index (χ3n) is 4.05. The monoisotopic (exact) mass is 343 g/mol. The van der Waals surface area contributed by atoms with Gasteiger partial charge in [-0.2, -0.15) is 5.26 Å². The number of hydrogen-bond acceptors (Lipinski definition) is 5. The third kappa shape index (κ3) is 3.05. The van der Waals surface area contributed by atoms with Crippen molar-refractivity contribution < 1.29 is 14.0 Å². The Hall–Kier alpha value is -2.59. The van der Waals surface area contributed by atoms with Crippen LogP contribution < -0.4 is 0 Å². The molecule has 1 aliphatic heterocycles. The molecule has 2 aromatic rings. The zero-order chi connectivity index (χ0) is 17.3. The van der Waals surface area contributed by atoms with Crippen molar-refractivity contribution >= 4 is 23.2 Å². The molecule has 0 bridgehead atoms. The first kappa shape index (κ1) is 16.3. The molecule has 1 aliphatic rings. The van der Waals surface area contributed by atoms with E-state index in [2.05, 4.69) is 0 Å². The first-order chi connectivity index (χ1) is 11.5.